The van der Waals surface area contributed by atoms with Crippen LogP contribution in [0.5, 0.6) is 11.5 Å². The monoisotopic (exact) mass is 363 g/mol. The number of rotatable bonds is 7. The lowest BCUT2D eigenvalue weighted by Gasteiger charge is -2.14. The van der Waals surface area contributed by atoms with Crippen molar-refractivity contribution in [3.8, 4) is 11.5 Å². The number of methoxy groups -OCH3 is 1. The van der Waals surface area contributed by atoms with Crippen LogP contribution in [0, 0.1) is 0 Å². The number of esters is 1. The van der Waals surface area contributed by atoms with E-state index in [0.29, 0.717) is 22.2 Å². The van der Waals surface area contributed by atoms with Crippen molar-refractivity contribution in [1.29, 1.82) is 0 Å². The van der Waals surface area contributed by atoms with Gasteiger partial charge in [-0.25, -0.2) is 4.79 Å². The standard InChI is InChI=1S/C18H18ClNO5/c1-12(25-14-6-4-3-5-7-14)18(22)24-11-17(21)20-15-10-13(19)8-9-16(15)23-2/h3-10,12H,11H2,1-2H3,(H,20,21)/t12-/m0/s1. The first-order valence-corrected chi connectivity index (χ1v) is 7.89. The second kappa shape index (κ2) is 8.94. The highest BCUT2D eigenvalue weighted by Crippen LogP contribution is 2.27. The van der Waals surface area contributed by atoms with Crippen molar-refractivity contribution in [2.24, 2.45) is 0 Å². The summed E-state index contributed by atoms with van der Waals surface area (Å²) in [6.07, 6.45) is -0.837. The summed E-state index contributed by atoms with van der Waals surface area (Å²) < 4.78 is 15.5. The molecule has 6 nitrogen and oxygen atoms in total. The number of carbonyl (C=O) groups is 2. The molecule has 0 aliphatic carbocycles. The van der Waals surface area contributed by atoms with Crippen molar-refractivity contribution < 1.29 is 23.8 Å². The molecule has 2 aromatic carbocycles. The lowest BCUT2D eigenvalue weighted by atomic mass is 10.3. The van der Waals surface area contributed by atoms with Gasteiger partial charge in [-0.05, 0) is 37.3 Å². The Labute approximate surface area is 150 Å². The lowest BCUT2D eigenvalue weighted by molar-refractivity contribution is -0.153. The number of hydrogen-bond acceptors (Lipinski definition) is 5. The van der Waals surface area contributed by atoms with Crippen LogP contribution in [0.1, 0.15) is 6.92 Å². The van der Waals surface area contributed by atoms with E-state index in [1.165, 1.54) is 7.11 Å². The van der Waals surface area contributed by atoms with Crippen molar-refractivity contribution >= 4 is 29.2 Å². The van der Waals surface area contributed by atoms with Crippen molar-refractivity contribution in [3.63, 3.8) is 0 Å². The number of amides is 1. The van der Waals surface area contributed by atoms with E-state index in [1.807, 2.05) is 6.07 Å². The smallest absolute Gasteiger partial charge is 0.347 e. The molecule has 0 bridgehead atoms. The van der Waals surface area contributed by atoms with E-state index in [4.69, 9.17) is 25.8 Å². The molecule has 0 saturated carbocycles. The largest absolute Gasteiger partial charge is 0.495 e. The molecule has 0 spiro atoms. The summed E-state index contributed by atoms with van der Waals surface area (Å²) in [4.78, 5) is 23.9. The van der Waals surface area contributed by atoms with Crippen LogP contribution in [0.15, 0.2) is 48.5 Å². The minimum Gasteiger partial charge on any atom is -0.495 e. The predicted molar refractivity (Wildman–Crippen MR) is 94.1 cm³/mol. The van der Waals surface area contributed by atoms with E-state index in [9.17, 15) is 9.59 Å². The number of hydrogen-bond donors (Lipinski definition) is 1. The average molecular weight is 364 g/mol. The summed E-state index contributed by atoms with van der Waals surface area (Å²) in [5.74, 6) is -0.164. The van der Waals surface area contributed by atoms with Gasteiger partial charge in [0.05, 0.1) is 12.8 Å². The number of carbonyl (C=O) groups excluding carboxylic acids is 2. The van der Waals surface area contributed by atoms with Gasteiger partial charge in [0.25, 0.3) is 5.91 Å². The molecule has 1 N–H and O–H groups in total. The van der Waals surface area contributed by atoms with E-state index in [2.05, 4.69) is 5.32 Å². The fourth-order valence-corrected chi connectivity index (χ4v) is 2.14. The van der Waals surface area contributed by atoms with Gasteiger partial charge in [0, 0.05) is 5.02 Å². The third-order valence-corrected chi connectivity index (χ3v) is 3.40. The molecule has 0 aromatic heterocycles. The molecule has 1 amide bonds. The number of anilines is 1. The Morgan fingerprint density at radius 3 is 2.56 bits per heavy atom. The zero-order valence-corrected chi connectivity index (χ0v) is 14.6. The quantitative estimate of drug-likeness (QED) is 0.764. The van der Waals surface area contributed by atoms with Crippen molar-refractivity contribution in [2.45, 2.75) is 13.0 Å². The summed E-state index contributed by atoms with van der Waals surface area (Å²) in [6, 6.07) is 13.7. The summed E-state index contributed by atoms with van der Waals surface area (Å²) >= 11 is 5.89. The Bertz CT molecular complexity index is 736. The molecule has 0 radical (unpaired) electrons. The molecule has 0 aliphatic rings. The molecular weight excluding hydrogens is 346 g/mol. The third kappa shape index (κ3) is 5.69. The van der Waals surface area contributed by atoms with Crippen molar-refractivity contribution in [1.82, 2.24) is 0 Å². The number of para-hydroxylation sites is 1. The molecule has 0 unspecified atom stereocenters. The molecule has 132 valence electrons. The summed E-state index contributed by atoms with van der Waals surface area (Å²) in [6.45, 7) is 1.10. The fraction of sp³-hybridized carbons (Fsp3) is 0.222. The first-order chi connectivity index (χ1) is 12.0. The zero-order chi connectivity index (χ0) is 18.2. The Kier molecular flexibility index (Phi) is 6.65. The fourth-order valence-electron chi connectivity index (χ4n) is 1.97. The second-order valence-electron chi connectivity index (χ2n) is 5.07. The molecule has 2 aromatic rings. The highest BCUT2D eigenvalue weighted by atomic mass is 35.5. The van der Waals surface area contributed by atoms with Gasteiger partial charge in [-0.15, -0.1) is 0 Å². The van der Waals surface area contributed by atoms with Gasteiger partial charge in [-0.1, -0.05) is 29.8 Å². The van der Waals surface area contributed by atoms with Gasteiger partial charge >= 0.3 is 5.97 Å². The zero-order valence-electron chi connectivity index (χ0n) is 13.8. The Morgan fingerprint density at radius 1 is 1.16 bits per heavy atom. The second-order valence-corrected chi connectivity index (χ2v) is 5.51. The number of halogens is 1. The van der Waals surface area contributed by atoms with E-state index in [0.717, 1.165) is 0 Å². The van der Waals surface area contributed by atoms with Gasteiger partial charge in [0.2, 0.25) is 0 Å². The van der Waals surface area contributed by atoms with E-state index >= 15 is 0 Å². The summed E-state index contributed by atoms with van der Waals surface area (Å²) in [5.41, 5.74) is 0.393. The maximum atomic E-state index is 11.9. The van der Waals surface area contributed by atoms with Crippen LogP contribution in [-0.2, 0) is 14.3 Å². The Morgan fingerprint density at radius 2 is 1.88 bits per heavy atom. The first kappa shape index (κ1) is 18.6. The average Bonchev–Trinajstić information content (AvgIpc) is 2.60. The van der Waals surface area contributed by atoms with Crippen molar-refractivity contribution in [3.05, 3.63) is 53.6 Å². The SMILES string of the molecule is COc1ccc(Cl)cc1NC(=O)COC(=O)[C@H](C)Oc1ccccc1. The Balaban J connectivity index is 1.85. The molecule has 0 fully saturated rings. The number of ether oxygens (including phenoxy) is 3. The third-order valence-electron chi connectivity index (χ3n) is 3.17. The van der Waals surface area contributed by atoms with Crippen LogP contribution in [0.4, 0.5) is 5.69 Å². The topological polar surface area (TPSA) is 73.9 Å². The summed E-state index contributed by atoms with van der Waals surface area (Å²) in [5, 5.41) is 3.02. The minimum absolute atomic E-state index is 0.393. The highest BCUT2D eigenvalue weighted by Gasteiger charge is 2.18. The summed E-state index contributed by atoms with van der Waals surface area (Å²) in [7, 11) is 1.47. The van der Waals surface area contributed by atoms with Crippen LogP contribution in [0.2, 0.25) is 5.02 Å². The predicted octanol–water partition coefficient (Wildman–Crippen LogP) is 3.30. The molecule has 25 heavy (non-hydrogen) atoms. The molecule has 1 atom stereocenters. The molecular formula is C18H18ClNO5. The van der Waals surface area contributed by atoms with Gasteiger partial charge in [0.1, 0.15) is 11.5 Å². The van der Waals surface area contributed by atoms with Gasteiger partial charge in [0.15, 0.2) is 12.7 Å². The van der Waals surface area contributed by atoms with E-state index in [-0.39, 0.29) is 0 Å². The van der Waals surface area contributed by atoms with Gasteiger partial charge in [-0.2, -0.15) is 0 Å². The minimum atomic E-state index is -0.837. The highest BCUT2D eigenvalue weighted by molar-refractivity contribution is 6.31. The van der Waals surface area contributed by atoms with Gasteiger partial charge < -0.3 is 19.5 Å². The molecule has 7 heteroatoms. The lowest BCUT2D eigenvalue weighted by Crippen LogP contribution is -2.29. The maximum absolute atomic E-state index is 11.9. The van der Waals surface area contributed by atoms with E-state index < -0.39 is 24.6 Å². The molecule has 2 rings (SSSR count). The van der Waals surface area contributed by atoms with Crippen LogP contribution >= 0.6 is 11.6 Å². The molecule has 0 saturated heterocycles. The Hall–Kier alpha value is -2.73. The maximum Gasteiger partial charge on any atom is 0.347 e. The van der Waals surface area contributed by atoms with Crippen LogP contribution < -0.4 is 14.8 Å². The first-order valence-electron chi connectivity index (χ1n) is 7.51. The van der Waals surface area contributed by atoms with E-state index in [1.54, 1.807) is 49.4 Å². The van der Waals surface area contributed by atoms with Gasteiger partial charge in [-0.3, -0.25) is 4.79 Å². The number of nitrogens with one attached hydrogen (secondary N) is 1. The van der Waals surface area contributed by atoms with Crippen LogP contribution in [-0.4, -0.2) is 31.7 Å². The van der Waals surface area contributed by atoms with Crippen LogP contribution in [0.25, 0.3) is 0 Å². The van der Waals surface area contributed by atoms with Crippen LogP contribution in [0.3, 0.4) is 0 Å². The van der Waals surface area contributed by atoms with Crippen molar-refractivity contribution in [2.75, 3.05) is 19.0 Å². The molecule has 0 heterocycles. The number of benzene rings is 2. The molecule has 0 aliphatic heterocycles. The normalized spacial score (nSPS) is 11.3.